The van der Waals surface area contributed by atoms with Crippen LogP contribution in [0.5, 0.6) is 5.75 Å². The summed E-state index contributed by atoms with van der Waals surface area (Å²) in [6.07, 6.45) is 3.10. The molecule has 3 aromatic rings. The van der Waals surface area contributed by atoms with E-state index in [1.807, 2.05) is 30.3 Å². The van der Waals surface area contributed by atoms with E-state index in [1.54, 1.807) is 42.5 Å². The van der Waals surface area contributed by atoms with Gasteiger partial charge in [-0.05, 0) is 72.1 Å². The molecule has 0 spiro atoms. The molecule has 0 aliphatic rings. The van der Waals surface area contributed by atoms with Crippen molar-refractivity contribution < 1.29 is 14.3 Å². The molecule has 0 saturated carbocycles. The molecule has 7 heteroatoms. The molecule has 0 bridgehead atoms. The lowest BCUT2D eigenvalue weighted by Gasteiger charge is -2.19. The summed E-state index contributed by atoms with van der Waals surface area (Å²) in [5.41, 5.74) is 3.42. The van der Waals surface area contributed by atoms with Crippen molar-refractivity contribution in [1.29, 1.82) is 0 Å². The number of rotatable bonds is 9. The van der Waals surface area contributed by atoms with Crippen LogP contribution in [0, 0.1) is 0 Å². The normalized spacial score (nSPS) is 10.9. The molecule has 194 valence electrons. The number of benzene rings is 3. The molecular formula is C30H35N3O3S. The average Bonchev–Trinajstić information content (AvgIpc) is 2.86. The van der Waals surface area contributed by atoms with Crippen molar-refractivity contribution in [3.63, 3.8) is 0 Å². The predicted octanol–water partition coefficient (Wildman–Crippen LogP) is 6.93. The van der Waals surface area contributed by atoms with E-state index in [0.29, 0.717) is 34.9 Å². The summed E-state index contributed by atoms with van der Waals surface area (Å²) < 4.78 is 5.81. The van der Waals surface area contributed by atoms with E-state index in [1.165, 1.54) is 0 Å². The molecule has 0 aliphatic heterocycles. The van der Waals surface area contributed by atoms with E-state index in [9.17, 15) is 9.59 Å². The van der Waals surface area contributed by atoms with Gasteiger partial charge in [0, 0.05) is 16.9 Å². The van der Waals surface area contributed by atoms with E-state index in [-0.39, 0.29) is 22.3 Å². The van der Waals surface area contributed by atoms with Crippen LogP contribution in [0.2, 0.25) is 0 Å². The van der Waals surface area contributed by atoms with Crippen LogP contribution in [0.1, 0.15) is 73.2 Å². The maximum absolute atomic E-state index is 12.8. The molecule has 37 heavy (non-hydrogen) atoms. The topological polar surface area (TPSA) is 79.5 Å². The molecule has 0 atom stereocenters. The standard InChI is InChI=1S/C30H35N3O3S/c1-5-6-9-19-36-26-14-8-7-13-25(26)28(35)33-29(37)32-24-12-10-11-23(20-24)31-27(34)21-15-17-22(18-16-21)30(2,3)4/h7-8,10-18,20H,5-6,9,19H2,1-4H3,(H,31,34)(H2,32,33,35,37). The smallest absolute Gasteiger partial charge is 0.261 e. The molecule has 0 saturated heterocycles. The Labute approximate surface area is 224 Å². The highest BCUT2D eigenvalue weighted by molar-refractivity contribution is 7.80. The highest BCUT2D eigenvalue weighted by Crippen LogP contribution is 2.23. The molecule has 0 aliphatic carbocycles. The maximum atomic E-state index is 12.8. The molecule has 6 nitrogen and oxygen atoms in total. The van der Waals surface area contributed by atoms with Crippen LogP contribution in [0.4, 0.5) is 11.4 Å². The number of hydrogen-bond acceptors (Lipinski definition) is 4. The number of thiocarbonyl (C=S) groups is 1. The fourth-order valence-corrected chi connectivity index (χ4v) is 3.86. The van der Waals surface area contributed by atoms with Gasteiger partial charge >= 0.3 is 0 Å². The van der Waals surface area contributed by atoms with Gasteiger partial charge in [0.25, 0.3) is 11.8 Å². The molecule has 0 heterocycles. The summed E-state index contributed by atoms with van der Waals surface area (Å²) >= 11 is 5.36. The third-order valence-corrected chi connectivity index (χ3v) is 5.96. The molecular weight excluding hydrogens is 482 g/mol. The molecule has 3 aromatic carbocycles. The molecule has 2 amide bonds. The first-order chi connectivity index (χ1) is 17.7. The second kappa shape index (κ2) is 13.0. The number of unbranched alkanes of at least 4 members (excludes halogenated alkanes) is 2. The average molecular weight is 518 g/mol. The third-order valence-electron chi connectivity index (χ3n) is 5.76. The number of para-hydroxylation sites is 1. The van der Waals surface area contributed by atoms with E-state index in [0.717, 1.165) is 24.8 Å². The Morgan fingerprint density at radius 2 is 1.51 bits per heavy atom. The maximum Gasteiger partial charge on any atom is 0.261 e. The second-order valence-electron chi connectivity index (χ2n) is 9.82. The Morgan fingerprint density at radius 3 is 2.19 bits per heavy atom. The summed E-state index contributed by atoms with van der Waals surface area (Å²) in [4.78, 5) is 25.6. The number of ether oxygens (including phenoxy) is 1. The van der Waals surface area contributed by atoms with Gasteiger partial charge in [-0.1, -0.05) is 70.9 Å². The fraction of sp³-hybridized carbons (Fsp3) is 0.300. The van der Waals surface area contributed by atoms with Gasteiger partial charge in [-0.3, -0.25) is 14.9 Å². The Hall–Kier alpha value is -3.71. The Morgan fingerprint density at radius 1 is 0.838 bits per heavy atom. The van der Waals surface area contributed by atoms with Crippen LogP contribution in [0.15, 0.2) is 72.8 Å². The summed E-state index contributed by atoms with van der Waals surface area (Å²) in [7, 11) is 0. The number of nitrogens with one attached hydrogen (secondary N) is 3. The number of amides is 2. The van der Waals surface area contributed by atoms with Crippen molar-refractivity contribution >= 4 is 40.5 Å². The van der Waals surface area contributed by atoms with Crippen LogP contribution in [-0.4, -0.2) is 23.5 Å². The Balaban J connectivity index is 1.59. The summed E-state index contributed by atoms with van der Waals surface area (Å²) in [6.45, 7) is 9.09. The minimum Gasteiger partial charge on any atom is -0.493 e. The monoisotopic (exact) mass is 517 g/mol. The van der Waals surface area contributed by atoms with Gasteiger partial charge in [-0.15, -0.1) is 0 Å². The SMILES string of the molecule is CCCCCOc1ccccc1C(=O)NC(=S)Nc1cccc(NC(=O)c2ccc(C(C)(C)C)cc2)c1. The molecule has 0 unspecified atom stereocenters. The summed E-state index contributed by atoms with van der Waals surface area (Å²) in [6, 6.07) is 21.9. The van der Waals surface area contributed by atoms with Gasteiger partial charge in [0.2, 0.25) is 0 Å². The van der Waals surface area contributed by atoms with Crippen LogP contribution < -0.4 is 20.7 Å². The lowest BCUT2D eigenvalue weighted by molar-refractivity contribution is 0.0972. The third kappa shape index (κ3) is 8.43. The van der Waals surface area contributed by atoms with Crippen molar-refractivity contribution in [2.75, 3.05) is 17.2 Å². The molecule has 0 radical (unpaired) electrons. The predicted molar refractivity (Wildman–Crippen MR) is 155 cm³/mol. The van der Waals surface area contributed by atoms with Gasteiger partial charge in [-0.2, -0.15) is 0 Å². The van der Waals surface area contributed by atoms with Crippen LogP contribution >= 0.6 is 12.2 Å². The zero-order valence-electron chi connectivity index (χ0n) is 21.9. The lowest BCUT2D eigenvalue weighted by Crippen LogP contribution is -2.34. The first-order valence-electron chi connectivity index (χ1n) is 12.5. The van der Waals surface area contributed by atoms with Crippen LogP contribution in [-0.2, 0) is 5.41 Å². The zero-order chi connectivity index (χ0) is 26.8. The largest absolute Gasteiger partial charge is 0.493 e. The lowest BCUT2D eigenvalue weighted by atomic mass is 9.87. The quantitative estimate of drug-likeness (QED) is 0.212. The van der Waals surface area contributed by atoms with Crippen molar-refractivity contribution in [2.45, 2.75) is 52.4 Å². The zero-order valence-corrected chi connectivity index (χ0v) is 22.7. The molecule has 0 fully saturated rings. The van der Waals surface area contributed by atoms with E-state index < -0.39 is 0 Å². The second-order valence-corrected chi connectivity index (χ2v) is 10.2. The van der Waals surface area contributed by atoms with E-state index >= 15 is 0 Å². The summed E-state index contributed by atoms with van der Waals surface area (Å²) in [5.74, 6) is -0.0325. The van der Waals surface area contributed by atoms with Gasteiger partial charge in [0.05, 0.1) is 12.2 Å². The summed E-state index contributed by atoms with van der Waals surface area (Å²) in [5, 5.41) is 8.76. The number of anilines is 2. The molecule has 0 aromatic heterocycles. The number of hydrogen-bond donors (Lipinski definition) is 3. The minimum atomic E-state index is -0.355. The molecule has 3 N–H and O–H groups in total. The van der Waals surface area contributed by atoms with Crippen molar-refractivity contribution in [2.24, 2.45) is 0 Å². The van der Waals surface area contributed by atoms with Crippen LogP contribution in [0.25, 0.3) is 0 Å². The van der Waals surface area contributed by atoms with Gasteiger partial charge in [0.1, 0.15) is 5.75 Å². The van der Waals surface area contributed by atoms with Crippen LogP contribution in [0.3, 0.4) is 0 Å². The first kappa shape index (κ1) is 27.9. The fourth-order valence-electron chi connectivity index (χ4n) is 3.65. The van der Waals surface area contributed by atoms with Gasteiger partial charge in [-0.25, -0.2) is 0 Å². The Bertz CT molecular complexity index is 1230. The Kier molecular flexibility index (Phi) is 9.80. The van der Waals surface area contributed by atoms with Gasteiger partial charge in [0.15, 0.2) is 5.11 Å². The van der Waals surface area contributed by atoms with Crippen molar-refractivity contribution in [3.8, 4) is 5.75 Å². The minimum absolute atomic E-state index is 0.0204. The van der Waals surface area contributed by atoms with Crippen molar-refractivity contribution in [3.05, 3.63) is 89.5 Å². The highest BCUT2D eigenvalue weighted by Gasteiger charge is 2.15. The first-order valence-corrected chi connectivity index (χ1v) is 12.9. The van der Waals surface area contributed by atoms with E-state index in [4.69, 9.17) is 17.0 Å². The number of carbonyl (C=O) groups excluding carboxylic acids is 2. The van der Waals surface area contributed by atoms with E-state index in [2.05, 4.69) is 43.6 Å². The molecule has 3 rings (SSSR count). The van der Waals surface area contributed by atoms with Crippen molar-refractivity contribution in [1.82, 2.24) is 5.32 Å². The van der Waals surface area contributed by atoms with Gasteiger partial charge < -0.3 is 15.4 Å². The number of carbonyl (C=O) groups is 2. The highest BCUT2D eigenvalue weighted by atomic mass is 32.1.